The number of hydrogen-bond donors (Lipinski definition) is 1. The highest BCUT2D eigenvalue weighted by atomic mass is 32.1. The third kappa shape index (κ3) is 3.69. The van der Waals surface area contributed by atoms with Crippen LogP contribution in [0, 0.1) is 5.82 Å². The maximum Gasteiger partial charge on any atom is 0.438 e. The van der Waals surface area contributed by atoms with Gasteiger partial charge in [-0.3, -0.25) is 4.79 Å². The van der Waals surface area contributed by atoms with E-state index in [2.05, 4.69) is 10.4 Å². The van der Waals surface area contributed by atoms with Gasteiger partial charge in [0.1, 0.15) is 11.9 Å². The number of nitrogens with zero attached hydrogens (tertiary/aromatic N) is 2. The van der Waals surface area contributed by atoms with Gasteiger partial charge in [-0.05, 0) is 43.0 Å². The van der Waals surface area contributed by atoms with Gasteiger partial charge in [0.05, 0.1) is 10.9 Å². The van der Waals surface area contributed by atoms with E-state index in [1.165, 1.54) is 23.5 Å². The summed E-state index contributed by atoms with van der Waals surface area (Å²) in [6.07, 6.45) is 0. The molecule has 25 heavy (non-hydrogen) atoms. The molecule has 0 aliphatic carbocycles. The first kappa shape index (κ1) is 17.1. The van der Waals surface area contributed by atoms with Crippen LogP contribution in [0.15, 0.2) is 51.0 Å². The highest BCUT2D eigenvalue weighted by molar-refractivity contribution is 7.13. The van der Waals surface area contributed by atoms with Crippen LogP contribution in [0.25, 0.3) is 10.8 Å². The second kappa shape index (κ2) is 7.02. The summed E-state index contributed by atoms with van der Waals surface area (Å²) < 4.78 is 19.1. The van der Waals surface area contributed by atoms with Crippen LogP contribution in [0.3, 0.4) is 0 Å². The fraction of sp³-hybridized carbons (Fsp3) is 0.235. The lowest BCUT2D eigenvalue weighted by molar-refractivity contribution is -0.124. The van der Waals surface area contributed by atoms with E-state index >= 15 is 0 Å². The molecule has 8 heteroatoms. The van der Waals surface area contributed by atoms with Gasteiger partial charge in [-0.25, -0.2) is 9.18 Å². The molecule has 3 rings (SSSR count). The zero-order valence-corrected chi connectivity index (χ0v) is 14.4. The molecule has 1 amide bonds. The lowest BCUT2D eigenvalue weighted by Crippen LogP contribution is -2.36. The minimum atomic E-state index is -0.840. The number of hydrogen-bond acceptors (Lipinski definition) is 5. The minimum Gasteiger partial charge on any atom is -0.387 e. The Hall–Kier alpha value is -2.74. The largest absolute Gasteiger partial charge is 0.438 e. The molecule has 130 valence electrons. The molecule has 2 atom stereocenters. The molecule has 0 bridgehead atoms. The van der Waals surface area contributed by atoms with Gasteiger partial charge in [-0.1, -0.05) is 18.2 Å². The van der Waals surface area contributed by atoms with Gasteiger partial charge >= 0.3 is 5.76 Å². The van der Waals surface area contributed by atoms with Crippen molar-refractivity contribution in [3.8, 4) is 10.8 Å². The molecule has 0 spiro atoms. The Balaban J connectivity index is 1.74. The van der Waals surface area contributed by atoms with Gasteiger partial charge in [0.25, 0.3) is 5.89 Å². The molecule has 0 aliphatic rings. The summed E-state index contributed by atoms with van der Waals surface area (Å²) in [7, 11) is 0. The van der Waals surface area contributed by atoms with Crippen molar-refractivity contribution in [3.63, 3.8) is 0 Å². The van der Waals surface area contributed by atoms with Crippen molar-refractivity contribution in [1.82, 2.24) is 15.1 Å². The molecule has 1 aromatic carbocycles. The number of carbonyl (C=O) groups is 1. The number of carbonyl (C=O) groups excluding carboxylic acids is 1. The van der Waals surface area contributed by atoms with E-state index < -0.39 is 11.8 Å². The predicted molar refractivity (Wildman–Crippen MR) is 91.7 cm³/mol. The van der Waals surface area contributed by atoms with E-state index in [1.807, 2.05) is 11.4 Å². The maximum absolute atomic E-state index is 13.0. The Labute approximate surface area is 146 Å². The first-order valence-electron chi connectivity index (χ1n) is 7.65. The summed E-state index contributed by atoms with van der Waals surface area (Å²) in [6.45, 7) is 3.34. The zero-order valence-electron chi connectivity index (χ0n) is 13.6. The Morgan fingerprint density at radius 1 is 1.28 bits per heavy atom. The second-order valence-corrected chi connectivity index (χ2v) is 6.50. The number of nitrogens with one attached hydrogen (secondary N) is 1. The fourth-order valence-electron chi connectivity index (χ4n) is 2.31. The van der Waals surface area contributed by atoms with Crippen molar-refractivity contribution in [1.29, 1.82) is 0 Å². The number of benzene rings is 1. The molecule has 0 aliphatic heterocycles. The molecule has 0 radical (unpaired) electrons. The van der Waals surface area contributed by atoms with Crippen LogP contribution >= 0.6 is 11.3 Å². The van der Waals surface area contributed by atoms with Crippen LogP contribution in [0.1, 0.15) is 31.5 Å². The summed E-state index contributed by atoms with van der Waals surface area (Å²) in [5.74, 6) is -1.23. The van der Waals surface area contributed by atoms with Gasteiger partial charge in [0, 0.05) is 0 Å². The monoisotopic (exact) mass is 361 g/mol. The topological polar surface area (TPSA) is 77.1 Å². The molecule has 0 saturated carbocycles. The third-order valence-electron chi connectivity index (χ3n) is 3.78. The summed E-state index contributed by atoms with van der Waals surface area (Å²) in [4.78, 5) is 25.1. The molecule has 1 N–H and O–H groups in total. The Kier molecular flexibility index (Phi) is 4.80. The van der Waals surface area contributed by atoms with Crippen molar-refractivity contribution in [2.45, 2.75) is 25.9 Å². The van der Waals surface area contributed by atoms with Crippen molar-refractivity contribution < 1.29 is 13.6 Å². The molecule has 2 heterocycles. The van der Waals surface area contributed by atoms with Gasteiger partial charge in [0.2, 0.25) is 5.91 Å². The maximum atomic E-state index is 13.0. The molecule has 0 fully saturated rings. The van der Waals surface area contributed by atoms with Crippen molar-refractivity contribution in [2.24, 2.45) is 0 Å². The number of thiophene rings is 1. The number of rotatable bonds is 5. The lowest BCUT2D eigenvalue weighted by Gasteiger charge is -2.17. The Morgan fingerprint density at radius 2 is 2.00 bits per heavy atom. The van der Waals surface area contributed by atoms with Crippen molar-refractivity contribution in [2.75, 3.05) is 0 Å². The van der Waals surface area contributed by atoms with Crippen molar-refractivity contribution in [3.05, 3.63) is 63.7 Å². The molecule has 6 nitrogen and oxygen atoms in total. The standard InChI is InChI=1S/C17H16FN3O3S/c1-10(12-5-7-13(18)8-6-12)19-15(22)11(2)21-17(23)24-16(20-21)14-4-3-9-25-14/h3-11H,1-2H3,(H,19,22)/t10-,11-/m1/s1. The van der Waals surface area contributed by atoms with Crippen molar-refractivity contribution >= 4 is 17.2 Å². The predicted octanol–water partition coefficient (Wildman–Crippen LogP) is 3.14. The quantitative estimate of drug-likeness (QED) is 0.757. The lowest BCUT2D eigenvalue weighted by atomic mass is 10.1. The second-order valence-electron chi connectivity index (χ2n) is 5.55. The zero-order chi connectivity index (χ0) is 18.0. The molecule has 0 unspecified atom stereocenters. The van der Waals surface area contributed by atoms with Gasteiger partial charge < -0.3 is 9.73 Å². The van der Waals surface area contributed by atoms with E-state index in [0.717, 1.165) is 10.2 Å². The Bertz CT molecular complexity index is 916. The SMILES string of the molecule is C[C@H](C(=O)N[C@H](C)c1ccc(F)cc1)n1nc(-c2cccs2)oc1=O. The Morgan fingerprint density at radius 3 is 2.64 bits per heavy atom. The van der Waals surface area contributed by atoms with Crippen LogP contribution in [0.2, 0.25) is 0 Å². The normalized spacial score (nSPS) is 13.4. The molecule has 0 saturated heterocycles. The van der Waals surface area contributed by atoms with Crippen LogP contribution in [-0.4, -0.2) is 15.7 Å². The van der Waals surface area contributed by atoms with Gasteiger partial charge in [-0.2, -0.15) is 4.68 Å². The van der Waals surface area contributed by atoms with E-state index in [4.69, 9.17) is 4.42 Å². The van der Waals surface area contributed by atoms with E-state index in [-0.39, 0.29) is 23.7 Å². The molecular weight excluding hydrogens is 345 g/mol. The summed E-state index contributed by atoms with van der Waals surface area (Å²) in [5.41, 5.74) is 0.758. The first-order valence-corrected chi connectivity index (χ1v) is 8.53. The van der Waals surface area contributed by atoms with E-state index in [1.54, 1.807) is 32.0 Å². The summed E-state index contributed by atoms with van der Waals surface area (Å²) in [6, 6.07) is 8.28. The number of halogens is 1. The van der Waals surface area contributed by atoms with Crippen LogP contribution in [-0.2, 0) is 4.79 Å². The van der Waals surface area contributed by atoms with Crippen LogP contribution in [0.4, 0.5) is 4.39 Å². The molecule has 2 aromatic heterocycles. The van der Waals surface area contributed by atoms with Gasteiger partial charge in [-0.15, -0.1) is 16.4 Å². The number of amides is 1. The summed E-state index contributed by atoms with van der Waals surface area (Å²) >= 11 is 1.39. The van der Waals surface area contributed by atoms with E-state index in [0.29, 0.717) is 4.88 Å². The summed E-state index contributed by atoms with van der Waals surface area (Å²) in [5, 5.41) is 8.73. The number of aromatic nitrogens is 2. The highest BCUT2D eigenvalue weighted by Crippen LogP contribution is 2.22. The first-order chi connectivity index (χ1) is 12.0. The van der Waals surface area contributed by atoms with Crippen LogP contribution in [0.5, 0.6) is 0 Å². The van der Waals surface area contributed by atoms with Gasteiger partial charge in [0.15, 0.2) is 0 Å². The average Bonchev–Trinajstić information content (AvgIpc) is 3.24. The van der Waals surface area contributed by atoms with Crippen LogP contribution < -0.4 is 11.1 Å². The molecule has 3 aromatic rings. The van der Waals surface area contributed by atoms with E-state index in [9.17, 15) is 14.0 Å². The fourth-order valence-corrected chi connectivity index (χ4v) is 2.96. The molecular formula is C17H16FN3O3S. The minimum absolute atomic E-state index is 0.186. The third-order valence-corrected chi connectivity index (χ3v) is 4.63. The smallest absolute Gasteiger partial charge is 0.387 e. The highest BCUT2D eigenvalue weighted by Gasteiger charge is 2.23. The average molecular weight is 361 g/mol.